The summed E-state index contributed by atoms with van der Waals surface area (Å²) in [5, 5.41) is 4.07. The average molecular weight is 576 g/mol. The Morgan fingerprint density at radius 2 is 1.76 bits per heavy atom. The minimum atomic E-state index is -4.56. The molecule has 0 unspecified atom stereocenters. The predicted octanol–water partition coefficient (Wildman–Crippen LogP) is 6.00. The van der Waals surface area contributed by atoms with Crippen molar-refractivity contribution >= 4 is 45.1 Å². The van der Waals surface area contributed by atoms with E-state index in [1.807, 2.05) is 12.1 Å². The molecule has 0 saturated carbocycles. The highest BCUT2D eigenvalue weighted by Gasteiger charge is 2.31. The molecule has 0 aliphatic rings. The van der Waals surface area contributed by atoms with Gasteiger partial charge in [0.1, 0.15) is 12.4 Å². The Bertz CT molecular complexity index is 1350. The summed E-state index contributed by atoms with van der Waals surface area (Å²) in [7, 11) is -2.33. The number of alkyl halides is 3. The average Bonchev–Trinajstić information content (AvgIpc) is 2.85. The standard InChI is InChI=1S/C24H22Cl2F3N3O4S/c1-35-22-12-16(4-7-21(22)36-15-17-2-5-19(25)6-3-17)8-11-37(33,34)32-10-9-30-23-20(26)13-18(14-31-23)24(27,28)29/h2-8,11-14,32H,9-10,15H2,1H3,(H,30,31)/b11-8+. The van der Waals surface area contributed by atoms with E-state index in [9.17, 15) is 21.6 Å². The molecule has 0 saturated heterocycles. The van der Waals surface area contributed by atoms with Gasteiger partial charge in [0.2, 0.25) is 10.0 Å². The number of hydrogen-bond acceptors (Lipinski definition) is 6. The lowest BCUT2D eigenvalue weighted by Crippen LogP contribution is -2.27. The molecular weight excluding hydrogens is 554 g/mol. The number of methoxy groups -OCH3 is 1. The highest BCUT2D eigenvalue weighted by Crippen LogP contribution is 2.32. The number of nitrogens with one attached hydrogen (secondary N) is 2. The minimum absolute atomic E-state index is 0.00914. The second kappa shape index (κ2) is 12.5. The number of sulfonamides is 1. The largest absolute Gasteiger partial charge is 0.493 e. The number of aromatic nitrogens is 1. The van der Waals surface area contributed by atoms with E-state index < -0.39 is 21.8 Å². The van der Waals surface area contributed by atoms with Crippen molar-refractivity contribution in [2.75, 3.05) is 25.5 Å². The lowest BCUT2D eigenvalue weighted by atomic mass is 10.2. The first kappa shape index (κ1) is 28.6. The van der Waals surface area contributed by atoms with Crippen LogP contribution in [0.15, 0.2) is 60.1 Å². The lowest BCUT2D eigenvalue weighted by molar-refractivity contribution is -0.137. The molecule has 0 fully saturated rings. The zero-order valence-corrected chi connectivity index (χ0v) is 21.7. The summed E-state index contributed by atoms with van der Waals surface area (Å²) in [6, 6.07) is 12.9. The van der Waals surface area contributed by atoms with Crippen LogP contribution in [-0.2, 0) is 22.8 Å². The van der Waals surface area contributed by atoms with Crippen LogP contribution in [0.3, 0.4) is 0 Å². The van der Waals surface area contributed by atoms with Gasteiger partial charge in [-0.25, -0.2) is 18.1 Å². The van der Waals surface area contributed by atoms with Crippen molar-refractivity contribution < 1.29 is 31.1 Å². The fourth-order valence-electron chi connectivity index (χ4n) is 2.96. The topological polar surface area (TPSA) is 89.6 Å². The van der Waals surface area contributed by atoms with Crippen LogP contribution in [0.1, 0.15) is 16.7 Å². The van der Waals surface area contributed by atoms with Gasteiger partial charge in [-0.3, -0.25) is 0 Å². The maximum absolute atomic E-state index is 12.7. The van der Waals surface area contributed by atoms with Gasteiger partial charge < -0.3 is 14.8 Å². The van der Waals surface area contributed by atoms with Gasteiger partial charge in [0, 0.05) is 29.7 Å². The van der Waals surface area contributed by atoms with E-state index in [1.165, 1.54) is 13.2 Å². The van der Waals surface area contributed by atoms with E-state index in [4.69, 9.17) is 32.7 Å². The molecule has 7 nitrogen and oxygen atoms in total. The second-order valence-electron chi connectivity index (χ2n) is 7.55. The molecule has 0 amide bonds. The quantitative estimate of drug-likeness (QED) is 0.273. The van der Waals surface area contributed by atoms with E-state index in [0.29, 0.717) is 34.9 Å². The number of pyridine rings is 1. The van der Waals surface area contributed by atoms with Crippen molar-refractivity contribution in [1.29, 1.82) is 0 Å². The SMILES string of the molecule is COc1cc(/C=C/S(=O)(=O)NCCNc2ncc(C(F)(F)F)cc2Cl)ccc1OCc1ccc(Cl)cc1. The number of ether oxygens (including phenoxy) is 2. The molecule has 2 N–H and O–H groups in total. The van der Waals surface area contributed by atoms with Crippen molar-refractivity contribution in [2.24, 2.45) is 0 Å². The van der Waals surface area contributed by atoms with Crippen LogP contribution in [0, 0.1) is 0 Å². The van der Waals surface area contributed by atoms with E-state index in [1.54, 1.807) is 30.3 Å². The first-order valence-electron chi connectivity index (χ1n) is 10.7. The summed E-state index contributed by atoms with van der Waals surface area (Å²) in [5.74, 6) is 0.915. The predicted molar refractivity (Wildman–Crippen MR) is 137 cm³/mol. The Kier molecular flexibility index (Phi) is 9.66. The number of rotatable bonds is 11. The van der Waals surface area contributed by atoms with Crippen molar-refractivity contribution in [3.8, 4) is 11.5 Å². The lowest BCUT2D eigenvalue weighted by Gasteiger charge is -2.12. The molecule has 0 atom stereocenters. The molecule has 1 aromatic heterocycles. The molecule has 0 aliphatic carbocycles. The number of hydrogen-bond donors (Lipinski definition) is 2. The van der Waals surface area contributed by atoms with Gasteiger partial charge in [-0.2, -0.15) is 13.2 Å². The summed E-state index contributed by atoms with van der Waals surface area (Å²) in [4.78, 5) is 3.63. The third-order valence-corrected chi connectivity index (χ3v) is 6.47. The molecule has 1 heterocycles. The smallest absolute Gasteiger partial charge is 0.417 e. The van der Waals surface area contributed by atoms with Gasteiger partial charge in [0.05, 0.1) is 17.7 Å². The Morgan fingerprint density at radius 1 is 1.03 bits per heavy atom. The summed E-state index contributed by atoms with van der Waals surface area (Å²) < 4.78 is 76.1. The van der Waals surface area contributed by atoms with Gasteiger partial charge in [0.25, 0.3) is 0 Å². The van der Waals surface area contributed by atoms with Gasteiger partial charge in [-0.1, -0.05) is 41.4 Å². The fraction of sp³-hybridized carbons (Fsp3) is 0.208. The molecule has 198 valence electrons. The zero-order chi connectivity index (χ0) is 27.1. The molecule has 2 aromatic carbocycles. The molecule has 0 radical (unpaired) electrons. The zero-order valence-electron chi connectivity index (χ0n) is 19.4. The molecule has 13 heteroatoms. The first-order chi connectivity index (χ1) is 17.5. The number of nitrogens with zero attached hydrogens (tertiary/aromatic N) is 1. The van der Waals surface area contributed by atoms with Gasteiger partial charge in [-0.05, 0) is 47.5 Å². The monoisotopic (exact) mass is 575 g/mol. The van der Waals surface area contributed by atoms with Crippen LogP contribution in [0.2, 0.25) is 10.0 Å². The first-order valence-corrected chi connectivity index (χ1v) is 13.0. The van der Waals surface area contributed by atoms with Gasteiger partial charge in [-0.15, -0.1) is 0 Å². The molecule has 37 heavy (non-hydrogen) atoms. The summed E-state index contributed by atoms with van der Waals surface area (Å²) in [5.41, 5.74) is 0.491. The summed E-state index contributed by atoms with van der Waals surface area (Å²) in [6.45, 7) is 0.271. The van der Waals surface area contributed by atoms with Crippen LogP contribution in [0.4, 0.5) is 19.0 Å². The van der Waals surface area contributed by atoms with Crippen molar-refractivity contribution in [2.45, 2.75) is 12.8 Å². The molecule has 3 aromatic rings. The van der Waals surface area contributed by atoms with Crippen LogP contribution >= 0.6 is 23.2 Å². The fourth-order valence-corrected chi connectivity index (χ4v) is 4.14. The van der Waals surface area contributed by atoms with Crippen LogP contribution in [-0.4, -0.2) is 33.6 Å². The van der Waals surface area contributed by atoms with Gasteiger partial charge >= 0.3 is 6.18 Å². The highest BCUT2D eigenvalue weighted by molar-refractivity contribution is 7.92. The highest BCUT2D eigenvalue weighted by atomic mass is 35.5. The molecule has 0 spiro atoms. The Morgan fingerprint density at radius 3 is 2.41 bits per heavy atom. The molecule has 0 aliphatic heterocycles. The third-order valence-electron chi connectivity index (χ3n) is 4.82. The normalized spacial score (nSPS) is 12.1. The Balaban J connectivity index is 1.53. The van der Waals surface area contributed by atoms with Crippen LogP contribution in [0.5, 0.6) is 11.5 Å². The van der Waals surface area contributed by atoms with Crippen molar-refractivity contribution in [1.82, 2.24) is 9.71 Å². The molecule has 0 bridgehead atoms. The van der Waals surface area contributed by atoms with Crippen molar-refractivity contribution in [3.63, 3.8) is 0 Å². The van der Waals surface area contributed by atoms with Crippen LogP contribution < -0.4 is 19.5 Å². The number of anilines is 1. The maximum Gasteiger partial charge on any atom is 0.417 e. The van der Waals surface area contributed by atoms with Gasteiger partial charge in [0.15, 0.2) is 11.5 Å². The van der Waals surface area contributed by atoms with E-state index in [2.05, 4.69) is 15.0 Å². The van der Waals surface area contributed by atoms with Crippen LogP contribution in [0.25, 0.3) is 6.08 Å². The summed E-state index contributed by atoms with van der Waals surface area (Å²) in [6.07, 6.45) is -2.54. The van der Waals surface area contributed by atoms with E-state index in [-0.39, 0.29) is 23.9 Å². The third kappa shape index (κ3) is 8.81. The van der Waals surface area contributed by atoms with Crippen molar-refractivity contribution in [3.05, 3.63) is 86.9 Å². The Labute approximate surface area is 222 Å². The summed E-state index contributed by atoms with van der Waals surface area (Å²) >= 11 is 11.7. The number of halogens is 5. The number of benzene rings is 2. The second-order valence-corrected chi connectivity index (χ2v) is 10.0. The molecule has 3 rings (SSSR count). The van der Waals surface area contributed by atoms with E-state index in [0.717, 1.165) is 17.0 Å². The minimum Gasteiger partial charge on any atom is -0.493 e. The Hall–Kier alpha value is -2.99. The van der Waals surface area contributed by atoms with E-state index >= 15 is 0 Å². The molecular formula is C24H22Cl2F3N3O4S. The maximum atomic E-state index is 12.7.